The molecule has 3 heteroatoms. The Kier molecular flexibility index (Phi) is 2.38. The first-order valence-corrected chi connectivity index (χ1v) is 6.21. The van der Waals surface area contributed by atoms with E-state index in [1.165, 1.54) is 0 Å². The number of nitriles is 1. The molecular formula is C14H12ClNO. The van der Waals surface area contributed by atoms with E-state index in [1.54, 1.807) is 12.3 Å². The maximum absolute atomic E-state index is 9.48. The highest BCUT2D eigenvalue weighted by Gasteiger charge is 2.38. The summed E-state index contributed by atoms with van der Waals surface area (Å²) in [6.07, 6.45) is 5.83. The number of benzene rings is 1. The Bertz CT molecular complexity index is 602. The highest BCUT2D eigenvalue weighted by atomic mass is 35.5. The first kappa shape index (κ1) is 10.7. The van der Waals surface area contributed by atoms with Crippen LogP contribution in [0.25, 0.3) is 11.0 Å². The monoisotopic (exact) mass is 245 g/mol. The zero-order valence-electron chi connectivity index (χ0n) is 9.37. The van der Waals surface area contributed by atoms with Crippen molar-refractivity contribution in [3.05, 3.63) is 35.0 Å². The molecule has 1 heterocycles. The Morgan fingerprint density at radius 2 is 2.06 bits per heavy atom. The number of fused-ring (bicyclic) bond motifs is 1. The lowest BCUT2D eigenvalue weighted by Gasteiger charge is -2.18. The normalized spacial score (nSPS) is 18.4. The van der Waals surface area contributed by atoms with E-state index in [9.17, 15) is 5.26 Å². The average molecular weight is 246 g/mol. The van der Waals surface area contributed by atoms with E-state index >= 15 is 0 Å². The second kappa shape index (κ2) is 3.78. The molecule has 1 aliphatic rings. The van der Waals surface area contributed by atoms with Crippen molar-refractivity contribution in [3.8, 4) is 6.07 Å². The lowest BCUT2D eigenvalue weighted by atomic mass is 9.80. The van der Waals surface area contributed by atoms with Crippen molar-refractivity contribution < 1.29 is 4.42 Å². The first-order chi connectivity index (χ1) is 8.25. The maximum Gasteiger partial charge on any atom is 0.135 e. The lowest BCUT2D eigenvalue weighted by Crippen LogP contribution is -2.18. The topological polar surface area (TPSA) is 36.9 Å². The highest BCUT2D eigenvalue weighted by Crippen LogP contribution is 2.44. The Hall–Kier alpha value is -1.46. The molecule has 0 amide bonds. The van der Waals surface area contributed by atoms with Crippen LogP contribution in [-0.2, 0) is 5.41 Å². The fraction of sp³-hybridized carbons (Fsp3) is 0.357. The molecule has 0 unspecified atom stereocenters. The molecule has 0 N–H and O–H groups in total. The molecule has 1 aromatic carbocycles. The van der Waals surface area contributed by atoms with Gasteiger partial charge in [-0.1, -0.05) is 24.4 Å². The molecule has 1 aromatic heterocycles. The largest absolute Gasteiger partial charge is 0.464 e. The van der Waals surface area contributed by atoms with Crippen LogP contribution in [0.3, 0.4) is 0 Å². The molecule has 0 aliphatic heterocycles. The third-order valence-electron chi connectivity index (χ3n) is 3.72. The Morgan fingerprint density at radius 1 is 1.29 bits per heavy atom. The van der Waals surface area contributed by atoms with Crippen molar-refractivity contribution in [2.24, 2.45) is 0 Å². The van der Waals surface area contributed by atoms with Crippen LogP contribution in [0.15, 0.2) is 28.9 Å². The molecular weight excluding hydrogens is 234 g/mol. The summed E-state index contributed by atoms with van der Waals surface area (Å²) in [5.74, 6) is 0. The predicted molar refractivity (Wildman–Crippen MR) is 67.0 cm³/mol. The number of halogens is 1. The first-order valence-electron chi connectivity index (χ1n) is 5.84. The summed E-state index contributed by atoms with van der Waals surface area (Å²) in [6, 6.07) is 8.10. The number of furan rings is 1. The van der Waals surface area contributed by atoms with Gasteiger partial charge in [0.05, 0.1) is 17.7 Å². The minimum atomic E-state index is -0.348. The van der Waals surface area contributed by atoms with E-state index in [4.69, 9.17) is 16.0 Å². The van der Waals surface area contributed by atoms with Crippen molar-refractivity contribution in [3.63, 3.8) is 0 Å². The van der Waals surface area contributed by atoms with Crippen LogP contribution < -0.4 is 0 Å². The minimum absolute atomic E-state index is 0.348. The van der Waals surface area contributed by atoms with Crippen LogP contribution in [-0.4, -0.2) is 0 Å². The van der Waals surface area contributed by atoms with Gasteiger partial charge < -0.3 is 4.42 Å². The van der Waals surface area contributed by atoms with Crippen molar-refractivity contribution >= 4 is 22.6 Å². The van der Waals surface area contributed by atoms with Crippen LogP contribution in [0, 0.1) is 11.3 Å². The summed E-state index contributed by atoms with van der Waals surface area (Å²) in [5.41, 5.74) is 1.46. The van der Waals surface area contributed by atoms with E-state index in [1.807, 2.05) is 12.1 Å². The van der Waals surface area contributed by atoms with Gasteiger partial charge in [0.1, 0.15) is 5.58 Å². The van der Waals surface area contributed by atoms with Crippen molar-refractivity contribution in [2.75, 3.05) is 0 Å². The predicted octanol–water partition coefficient (Wildman–Crippen LogP) is 4.42. The molecule has 2 nitrogen and oxygen atoms in total. The van der Waals surface area contributed by atoms with E-state index in [-0.39, 0.29) is 5.41 Å². The van der Waals surface area contributed by atoms with Crippen LogP contribution >= 0.6 is 11.6 Å². The number of rotatable bonds is 1. The van der Waals surface area contributed by atoms with Gasteiger partial charge in [0.25, 0.3) is 0 Å². The standard InChI is InChI=1S/C14H12ClNO/c15-10-3-4-11-12(8-17-13(11)7-10)14(9-16)5-1-2-6-14/h3-4,7-8H,1-2,5-6H2. The van der Waals surface area contributed by atoms with Crippen molar-refractivity contribution in [1.29, 1.82) is 5.26 Å². The zero-order chi connectivity index (χ0) is 11.9. The fourth-order valence-corrected chi connectivity index (χ4v) is 2.95. The Labute approximate surface area is 105 Å². The van der Waals surface area contributed by atoms with E-state index < -0.39 is 0 Å². The minimum Gasteiger partial charge on any atom is -0.464 e. The molecule has 86 valence electrons. The van der Waals surface area contributed by atoms with Crippen LogP contribution in [0.2, 0.25) is 5.02 Å². The van der Waals surface area contributed by atoms with Gasteiger partial charge in [-0.3, -0.25) is 0 Å². The summed E-state index contributed by atoms with van der Waals surface area (Å²) < 4.78 is 5.53. The van der Waals surface area contributed by atoms with Gasteiger partial charge >= 0.3 is 0 Å². The van der Waals surface area contributed by atoms with Crippen molar-refractivity contribution in [2.45, 2.75) is 31.1 Å². The molecule has 1 fully saturated rings. The smallest absolute Gasteiger partial charge is 0.135 e. The molecule has 1 aliphatic carbocycles. The molecule has 0 atom stereocenters. The van der Waals surface area contributed by atoms with Gasteiger partial charge in [-0.2, -0.15) is 5.26 Å². The summed E-state index contributed by atoms with van der Waals surface area (Å²) in [7, 11) is 0. The molecule has 0 spiro atoms. The van der Waals surface area contributed by atoms with Gasteiger partial charge in [-0.15, -0.1) is 0 Å². The van der Waals surface area contributed by atoms with Gasteiger partial charge in [0.15, 0.2) is 0 Å². The molecule has 3 rings (SSSR count). The maximum atomic E-state index is 9.48. The molecule has 0 saturated heterocycles. The summed E-state index contributed by atoms with van der Waals surface area (Å²) in [5, 5.41) is 11.2. The zero-order valence-corrected chi connectivity index (χ0v) is 10.1. The highest BCUT2D eigenvalue weighted by molar-refractivity contribution is 6.31. The third-order valence-corrected chi connectivity index (χ3v) is 3.96. The van der Waals surface area contributed by atoms with E-state index in [2.05, 4.69) is 6.07 Å². The van der Waals surface area contributed by atoms with Crippen LogP contribution in [0.5, 0.6) is 0 Å². The summed E-state index contributed by atoms with van der Waals surface area (Å²) >= 11 is 5.93. The molecule has 17 heavy (non-hydrogen) atoms. The molecule has 2 aromatic rings. The molecule has 0 bridgehead atoms. The van der Waals surface area contributed by atoms with Gasteiger partial charge in [-0.05, 0) is 31.0 Å². The van der Waals surface area contributed by atoms with Gasteiger partial charge in [-0.25, -0.2) is 0 Å². The van der Waals surface area contributed by atoms with Crippen molar-refractivity contribution in [1.82, 2.24) is 0 Å². The summed E-state index contributed by atoms with van der Waals surface area (Å²) in [6.45, 7) is 0. The Morgan fingerprint density at radius 3 is 2.76 bits per heavy atom. The van der Waals surface area contributed by atoms with Crippen LogP contribution in [0.4, 0.5) is 0 Å². The molecule has 1 saturated carbocycles. The fourth-order valence-electron chi connectivity index (χ4n) is 2.79. The van der Waals surface area contributed by atoms with Crippen LogP contribution in [0.1, 0.15) is 31.2 Å². The quantitative estimate of drug-likeness (QED) is 0.746. The van der Waals surface area contributed by atoms with E-state index in [0.29, 0.717) is 5.02 Å². The number of hydrogen-bond acceptors (Lipinski definition) is 2. The second-order valence-corrected chi connectivity index (χ2v) is 5.13. The average Bonchev–Trinajstić information content (AvgIpc) is 2.94. The van der Waals surface area contributed by atoms with Gasteiger partial charge in [0, 0.05) is 16.0 Å². The number of nitrogens with zero attached hydrogens (tertiary/aromatic N) is 1. The second-order valence-electron chi connectivity index (χ2n) is 4.69. The SMILES string of the molecule is N#CC1(c2coc3cc(Cl)ccc23)CCCC1. The lowest BCUT2D eigenvalue weighted by molar-refractivity contribution is 0.548. The summed E-state index contributed by atoms with van der Waals surface area (Å²) in [4.78, 5) is 0. The van der Waals surface area contributed by atoms with Gasteiger partial charge in [0.2, 0.25) is 0 Å². The molecule has 0 radical (unpaired) electrons. The number of hydrogen-bond donors (Lipinski definition) is 0. The van der Waals surface area contributed by atoms with E-state index in [0.717, 1.165) is 42.2 Å². The third kappa shape index (κ3) is 1.54. The Balaban J connectivity index is 2.21.